The van der Waals surface area contributed by atoms with E-state index in [9.17, 15) is 4.79 Å². The lowest BCUT2D eigenvalue weighted by atomic mass is 10.1. The summed E-state index contributed by atoms with van der Waals surface area (Å²) >= 11 is 0. The highest BCUT2D eigenvalue weighted by Gasteiger charge is 2.11. The van der Waals surface area contributed by atoms with Gasteiger partial charge in [-0.05, 0) is 43.2 Å². The second-order valence-electron chi connectivity index (χ2n) is 5.33. The Hall–Kier alpha value is -3.15. The number of aryl methyl sites for hydroxylation is 2. The molecule has 0 bridgehead atoms. The number of carbonyl (C=O) groups excluding carboxylic acids is 1. The number of anilines is 3. The molecule has 0 aliphatic carbocycles. The molecule has 0 saturated carbocycles. The fourth-order valence-corrected chi connectivity index (χ4v) is 2.34. The van der Waals surface area contributed by atoms with E-state index < -0.39 is 0 Å². The van der Waals surface area contributed by atoms with Crippen LogP contribution >= 0.6 is 0 Å². The fourth-order valence-electron chi connectivity index (χ4n) is 2.34. The SMILES string of the molecule is CCc1ccc(Nc2cc(C)ncn2)cc1NC(=O)c1ccco1. The summed E-state index contributed by atoms with van der Waals surface area (Å²) in [5, 5.41) is 6.11. The molecular formula is C18H18N4O2. The lowest BCUT2D eigenvalue weighted by molar-refractivity contribution is 0.0996. The van der Waals surface area contributed by atoms with Crippen molar-refractivity contribution in [2.45, 2.75) is 20.3 Å². The Morgan fingerprint density at radius 1 is 1.21 bits per heavy atom. The molecule has 0 fully saturated rings. The number of aromatic nitrogens is 2. The van der Waals surface area contributed by atoms with E-state index in [1.165, 1.54) is 12.6 Å². The van der Waals surface area contributed by atoms with Crippen molar-refractivity contribution < 1.29 is 9.21 Å². The predicted octanol–water partition coefficient (Wildman–Crippen LogP) is 3.94. The first-order valence-electron chi connectivity index (χ1n) is 7.69. The van der Waals surface area contributed by atoms with Gasteiger partial charge in [-0.25, -0.2) is 9.97 Å². The van der Waals surface area contributed by atoms with E-state index in [4.69, 9.17) is 4.42 Å². The van der Waals surface area contributed by atoms with E-state index in [-0.39, 0.29) is 11.7 Å². The third-order valence-corrected chi connectivity index (χ3v) is 3.56. The average Bonchev–Trinajstić information content (AvgIpc) is 3.10. The minimum Gasteiger partial charge on any atom is -0.459 e. The Morgan fingerprint density at radius 3 is 2.79 bits per heavy atom. The molecule has 1 aromatic carbocycles. The third-order valence-electron chi connectivity index (χ3n) is 3.56. The highest BCUT2D eigenvalue weighted by Crippen LogP contribution is 2.24. The Kier molecular flexibility index (Phi) is 4.56. The molecule has 24 heavy (non-hydrogen) atoms. The first-order valence-corrected chi connectivity index (χ1v) is 7.69. The Balaban J connectivity index is 1.84. The molecule has 0 atom stereocenters. The molecule has 6 nitrogen and oxygen atoms in total. The molecule has 0 unspecified atom stereocenters. The number of hydrogen-bond donors (Lipinski definition) is 2. The van der Waals surface area contributed by atoms with Gasteiger partial charge in [0.15, 0.2) is 5.76 Å². The summed E-state index contributed by atoms with van der Waals surface area (Å²) < 4.78 is 5.14. The van der Waals surface area contributed by atoms with Crippen LogP contribution in [0.5, 0.6) is 0 Å². The van der Waals surface area contributed by atoms with Gasteiger partial charge in [0.25, 0.3) is 5.91 Å². The van der Waals surface area contributed by atoms with Crippen LogP contribution in [0.2, 0.25) is 0 Å². The van der Waals surface area contributed by atoms with Crippen LogP contribution in [0.3, 0.4) is 0 Å². The molecule has 2 aromatic heterocycles. The van der Waals surface area contributed by atoms with E-state index in [2.05, 4.69) is 20.6 Å². The highest BCUT2D eigenvalue weighted by molar-refractivity contribution is 6.03. The number of benzene rings is 1. The third kappa shape index (κ3) is 3.60. The second-order valence-corrected chi connectivity index (χ2v) is 5.33. The van der Waals surface area contributed by atoms with Crippen molar-refractivity contribution in [1.29, 1.82) is 0 Å². The van der Waals surface area contributed by atoms with E-state index in [0.29, 0.717) is 5.82 Å². The van der Waals surface area contributed by atoms with Crippen molar-refractivity contribution in [2.24, 2.45) is 0 Å². The molecule has 0 saturated heterocycles. The maximum atomic E-state index is 12.2. The van der Waals surface area contributed by atoms with Crippen molar-refractivity contribution in [3.05, 3.63) is 66.0 Å². The number of carbonyl (C=O) groups is 1. The Labute approximate surface area is 140 Å². The topological polar surface area (TPSA) is 80.0 Å². The van der Waals surface area contributed by atoms with Crippen LogP contribution in [-0.4, -0.2) is 15.9 Å². The lowest BCUT2D eigenvalue weighted by Gasteiger charge is -2.12. The van der Waals surface area contributed by atoms with Crippen LogP contribution in [0.25, 0.3) is 0 Å². The lowest BCUT2D eigenvalue weighted by Crippen LogP contribution is -2.12. The number of nitrogens with one attached hydrogen (secondary N) is 2. The summed E-state index contributed by atoms with van der Waals surface area (Å²) in [6, 6.07) is 11.0. The molecule has 3 rings (SSSR count). The van der Waals surface area contributed by atoms with Gasteiger partial charge in [0.1, 0.15) is 12.1 Å². The Morgan fingerprint density at radius 2 is 2.08 bits per heavy atom. The summed E-state index contributed by atoms with van der Waals surface area (Å²) in [4.78, 5) is 20.5. The zero-order valence-electron chi connectivity index (χ0n) is 13.5. The quantitative estimate of drug-likeness (QED) is 0.744. The molecule has 0 aliphatic rings. The molecule has 3 aromatic rings. The standard InChI is InChI=1S/C18H18N4O2/c1-3-13-6-7-14(21-17-9-12(2)19-11-20-17)10-15(13)22-18(23)16-5-4-8-24-16/h4-11H,3H2,1-2H3,(H,22,23)(H,19,20,21). The maximum Gasteiger partial charge on any atom is 0.291 e. The van der Waals surface area contributed by atoms with Crippen LogP contribution in [0.1, 0.15) is 28.7 Å². The molecular weight excluding hydrogens is 304 g/mol. The molecule has 1 amide bonds. The molecule has 2 heterocycles. The number of furan rings is 1. The summed E-state index contributed by atoms with van der Waals surface area (Å²) in [5.41, 5.74) is 3.50. The van der Waals surface area contributed by atoms with Gasteiger partial charge in [-0.2, -0.15) is 0 Å². The van der Waals surface area contributed by atoms with E-state index in [1.54, 1.807) is 12.1 Å². The van der Waals surface area contributed by atoms with Crippen LogP contribution in [0.15, 0.2) is 53.4 Å². The molecule has 122 valence electrons. The van der Waals surface area contributed by atoms with Crippen LogP contribution < -0.4 is 10.6 Å². The van der Waals surface area contributed by atoms with Crippen molar-refractivity contribution in [1.82, 2.24) is 9.97 Å². The number of nitrogens with zero attached hydrogens (tertiary/aromatic N) is 2. The molecule has 2 N–H and O–H groups in total. The van der Waals surface area contributed by atoms with Gasteiger partial charge in [0, 0.05) is 23.1 Å². The van der Waals surface area contributed by atoms with Crippen LogP contribution in [0, 0.1) is 6.92 Å². The maximum absolute atomic E-state index is 12.2. The summed E-state index contributed by atoms with van der Waals surface area (Å²) in [5.74, 6) is 0.710. The van der Waals surface area contributed by atoms with Gasteiger partial charge in [-0.3, -0.25) is 4.79 Å². The minimum atomic E-state index is -0.273. The van der Waals surface area contributed by atoms with Gasteiger partial charge in [0.2, 0.25) is 0 Å². The van der Waals surface area contributed by atoms with Crippen LogP contribution in [0.4, 0.5) is 17.2 Å². The van der Waals surface area contributed by atoms with Crippen molar-refractivity contribution in [3.8, 4) is 0 Å². The predicted molar refractivity (Wildman–Crippen MR) is 92.5 cm³/mol. The van der Waals surface area contributed by atoms with Gasteiger partial charge in [-0.1, -0.05) is 13.0 Å². The van der Waals surface area contributed by atoms with Gasteiger partial charge >= 0.3 is 0 Å². The smallest absolute Gasteiger partial charge is 0.291 e. The number of amides is 1. The van der Waals surface area contributed by atoms with Crippen molar-refractivity contribution in [2.75, 3.05) is 10.6 Å². The van der Waals surface area contributed by atoms with Gasteiger partial charge in [0.05, 0.1) is 6.26 Å². The van der Waals surface area contributed by atoms with Crippen molar-refractivity contribution >= 4 is 23.1 Å². The van der Waals surface area contributed by atoms with E-state index >= 15 is 0 Å². The van der Waals surface area contributed by atoms with E-state index in [1.807, 2.05) is 38.1 Å². The van der Waals surface area contributed by atoms with E-state index in [0.717, 1.165) is 29.1 Å². The van der Waals surface area contributed by atoms with Gasteiger partial charge < -0.3 is 15.1 Å². The minimum absolute atomic E-state index is 0.273. The summed E-state index contributed by atoms with van der Waals surface area (Å²) in [6.45, 7) is 3.95. The highest BCUT2D eigenvalue weighted by atomic mass is 16.3. The van der Waals surface area contributed by atoms with Crippen LogP contribution in [-0.2, 0) is 6.42 Å². The number of rotatable bonds is 5. The zero-order chi connectivity index (χ0) is 16.9. The molecule has 0 radical (unpaired) electrons. The zero-order valence-corrected chi connectivity index (χ0v) is 13.5. The average molecular weight is 322 g/mol. The number of hydrogen-bond acceptors (Lipinski definition) is 5. The summed E-state index contributed by atoms with van der Waals surface area (Å²) in [7, 11) is 0. The normalized spacial score (nSPS) is 10.4. The first-order chi connectivity index (χ1) is 11.7. The second kappa shape index (κ2) is 6.95. The molecule has 0 spiro atoms. The Bertz CT molecular complexity index is 844. The first kappa shape index (κ1) is 15.7. The van der Waals surface area contributed by atoms with Gasteiger partial charge in [-0.15, -0.1) is 0 Å². The largest absolute Gasteiger partial charge is 0.459 e. The molecule has 6 heteroatoms. The van der Waals surface area contributed by atoms with Crippen molar-refractivity contribution in [3.63, 3.8) is 0 Å². The fraction of sp³-hybridized carbons (Fsp3) is 0.167. The molecule has 0 aliphatic heterocycles. The monoisotopic (exact) mass is 322 g/mol. The summed E-state index contributed by atoms with van der Waals surface area (Å²) in [6.07, 6.45) is 3.80.